The van der Waals surface area contributed by atoms with Crippen LogP contribution in [0, 0.1) is 0 Å². The van der Waals surface area contributed by atoms with Gasteiger partial charge in [-0.2, -0.15) is 17.0 Å². The topological polar surface area (TPSA) is 87.2 Å². The Labute approximate surface area is 119 Å². The second-order valence-corrected chi connectivity index (χ2v) is 7.47. The van der Waals surface area contributed by atoms with Crippen LogP contribution in [0.2, 0.25) is 0 Å². The van der Waals surface area contributed by atoms with Gasteiger partial charge in [0.15, 0.2) is 0 Å². The van der Waals surface area contributed by atoms with Gasteiger partial charge in [0.05, 0.1) is 18.6 Å². The highest BCUT2D eigenvalue weighted by Gasteiger charge is 2.41. The van der Waals surface area contributed by atoms with E-state index in [2.05, 4.69) is 0 Å². The van der Waals surface area contributed by atoms with Gasteiger partial charge in [-0.15, -0.1) is 0 Å². The molecule has 0 radical (unpaired) electrons. The zero-order valence-corrected chi connectivity index (χ0v) is 12.7. The third-order valence-electron chi connectivity index (χ3n) is 3.74. The highest BCUT2D eigenvalue weighted by molar-refractivity contribution is 7.86. The Morgan fingerprint density at radius 1 is 1.30 bits per heavy atom. The van der Waals surface area contributed by atoms with Crippen molar-refractivity contribution in [1.29, 1.82) is 0 Å². The number of ether oxygens (including phenoxy) is 1. The highest BCUT2D eigenvalue weighted by atomic mass is 32.2. The van der Waals surface area contributed by atoms with Crippen molar-refractivity contribution < 1.29 is 23.1 Å². The van der Waals surface area contributed by atoms with Gasteiger partial charge >= 0.3 is 5.97 Å². The predicted molar refractivity (Wildman–Crippen MR) is 72.5 cm³/mol. The molecule has 2 fully saturated rings. The van der Waals surface area contributed by atoms with Crippen molar-refractivity contribution in [1.82, 2.24) is 8.61 Å². The third kappa shape index (κ3) is 3.30. The molecule has 3 atom stereocenters. The van der Waals surface area contributed by atoms with Crippen LogP contribution in [0.25, 0.3) is 0 Å². The predicted octanol–water partition coefficient (Wildman–Crippen LogP) is 0.280. The number of carboxylic acids is 1. The molecule has 0 amide bonds. The first-order valence-corrected chi connectivity index (χ1v) is 8.34. The summed E-state index contributed by atoms with van der Waals surface area (Å²) in [5, 5.41) is 8.90. The number of nitrogens with zero attached hydrogens (tertiary/aromatic N) is 2. The molecule has 8 heteroatoms. The van der Waals surface area contributed by atoms with E-state index >= 15 is 0 Å². The molecule has 2 aliphatic rings. The van der Waals surface area contributed by atoms with E-state index in [1.54, 1.807) is 0 Å². The Hall–Kier alpha value is -0.700. The van der Waals surface area contributed by atoms with E-state index < -0.39 is 22.2 Å². The molecule has 2 heterocycles. The standard InChI is InChI=1S/C12H22N2O5S/c1-9-7-13(8-10(2)19-9)20(17,18)14-5-3-4-11(14)6-12(15)16/h9-11H,3-8H2,1-2H3,(H,15,16). The molecule has 2 rings (SSSR count). The van der Waals surface area contributed by atoms with Crippen LogP contribution >= 0.6 is 0 Å². The lowest BCUT2D eigenvalue weighted by atomic mass is 10.2. The van der Waals surface area contributed by atoms with E-state index in [1.807, 2.05) is 13.8 Å². The minimum atomic E-state index is -3.60. The van der Waals surface area contributed by atoms with Crippen molar-refractivity contribution >= 4 is 16.2 Å². The maximum absolute atomic E-state index is 12.7. The van der Waals surface area contributed by atoms with Gasteiger partial charge in [0.2, 0.25) is 0 Å². The molecule has 3 unspecified atom stereocenters. The molecule has 0 aromatic rings. The molecule has 2 aliphatic heterocycles. The van der Waals surface area contributed by atoms with Crippen LogP contribution in [-0.4, -0.2) is 66.0 Å². The first-order chi connectivity index (χ1) is 9.30. The Morgan fingerprint density at radius 3 is 2.45 bits per heavy atom. The Bertz CT molecular complexity index is 456. The van der Waals surface area contributed by atoms with Crippen LogP contribution in [-0.2, 0) is 19.7 Å². The zero-order chi connectivity index (χ0) is 14.9. The Kier molecular flexibility index (Phi) is 4.68. The van der Waals surface area contributed by atoms with Gasteiger partial charge in [0.1, 0.15) is 0 Å². The van der Waals surface area contributed by atoms with E-state index in [0.717, 1.165) is 0 Å². The number of hydrogen-bond donors (Lipinski definition) is 1. The highest BCUT2D eigenvalue weighted by Crippen LogP contribution is 2.27. The summed E-state index contributed by atoms with van der Waals surface area (Å²) in [7, 11) is -3.60. The van der Waals surface area contributed by atoms with E-state index in [9.17, 15) is 13.2 Å². The van der Waals surface area contributed by atoms with Crippen LogP contribution in [0.5, 0.6) is 0 Å². The summed E-state index contributed by atoms with van der Waals surface area (Å²) in [6, 6.07) is -0.425. The molecule has 0 aromatic carbocycles. The summed E-state index contributed by atoms with van der Waals surface area (Å²) in [5.74, 6) is -0.958. The quantitative estimate of drug-likeness (QED) is 0.806. The molecule has 116 valence electrons. The third-order valence-corrected chi connectivity index (χ3v) is 5.77. The summed E-state index contributed by atoms with van der Waals surface area (Å²) in [6.07, 6.45) is 0.908. The number of morpholine rings is 1. The summed E-state index contributed by atoms with van der Waals surface area (Å²) >= 11 is 0. The lowest BCUT2D eigenvalue weighted by Crippen LogP contribution is -2.54. The fraction of sp³-hybridized carbons (Fsp3) is 0.917. The zero-order valence-electron chi connectivity index (χ0n) is 11.9. The second kappa shape index (κ2) is 5.97. The van der Waals surface area contributed by atoms with Crippen molar-refractivity contribution in [3.63, 3.8) is 0 Å². The summed E-state index contributed by atoms with van der Waals surface area (Å²) in [4.78, 5) is 10.9. The lowest BCUT2D eigenvalue weighted by molar-refractivity contribution is -0.137. The number of carbonyl (C=O) groups is 1. The van der Waals surface area contributed by atoms with E-state index in [1.165, 1.54) is 8.61 Å². The van der Waals surface area contributed by atoms with Crippen LogP contribution in [0.3, 0.4) is 0 Å². The van der Waals surface area contributed by atoms with Crippen molar-refractivity contribution in [2.75, 3.05) is 19.6 Å². The molecule has 0 saturated carbocycles. The van der Waals surface area contributed by atoms with Crippen LogP contribution < -0.4 is 0 Å². The molecule has 0 aromatic heterocycles. The Morgan fingerprint density at radius 2 is 1.90 bits per heavy atom. The number of carboxylic acid groups (broad SMARTS) is 1. The van der Waals surface area contributed by atoms with Crippen molar-refractivity contribution in [2.24, 2.45) is 0 Å². The summed E-state index contributed by atoms with van der Waals surface area (Å²) in [5.41, 5.74) is 0. The first-order valence-electron chi connectivity index (χ1n) is 6.95. The number of rotatable bonds is 4. The van der Waals surface area contributed by atoms with Gasteiger partial charge in [-0.3, -0.25) is 4.79 Å². The fourth-order valence-corrected chi connectivity index (χ4v) is 5.00. The normalized spacial score (nSPS) is 33.4. The molecular formula is C12H22N2O5S. The van der Waals surface area contributed by atoms with Crippen LogP contribution in [0.4, 0.5) is 0 Å². The van der Waals surface area contributed by atoms with Gasteiger partial charge in [-0.1, -0.05) is 0 Å². The SMILES string of the molecule is CC1CN(S(=O)(=O)N2CCCC2CC(=O)O)CC(C)O1. The van der Waals surface area contributed by atoms with E-state index in [0.29, 0.717) is 32.5 Å². The average molecular weight is 306 g/mol. The van der Waals surface area contributed by atoms with Crippen LogP contribution in [0.15, 0.2) is 0 Å². The molecular weight excluding hydrogens is 284 g/mol. The largest absolute Gasteiger partial charge is 0.481 e. The van der Waals surface area contributed by atoms with Crippen molar-refractivity contribution in [3.05, 3.63) is 0 Å². The van der Waals surface area contributed by atoms with E-state index in [4.69, 9.17) is 9.84 Å². The number of hydrogen-bond acceptors (Lipinski definition) is 4. The van der Waals surface area contributed by atoms with Gasteiger partial charge in [0, 0.05) is 25.7 Å². The molecule has 7 nitrogen and oxygen atoms in total. The maximum atomic E-state index is 12.7. The fourth-order valence-electron chi connectivity index (χ4n) is 2.99. The van der Waals surface area contributed by atoms with Gasteiger partial charge in [-0.05, 0) is 26.7 Å². The molecule has 2 saturated heterocycles. The monoisotopic (exact) mass is 306 g/mol. The average Bonchev–Trinajstić information content (AvgIpc) is 2.75. The smallest absolute Gasteiger partial charge is 0.304 e. The van der Waals surface area contributed by atoms with E-state index in [-0.39, 0.29) is 18.6 Å². The Balaban J connectivity index is 2.14. The van der Waals surface area contributed by atoms with Crippen molar-refractivity contribution in [3.8, 4) is 0 Å². The first kappa shape index (κ1) is 15.7. The minimum Gasteiger partial charge on any atom is -0.481 e. The molecule has 1 N–H and O–H groups in total. The molecule has 0 spiro atoms. The second-order valence-electron chi connectivity index (χ2n) is 5.59. The molecule has 0 aliphatic carbocycles. The van der Waals surface area contributed by atoms with Gasteiger partial charge in [0.25, 0.3) is 10.2 Å². The molecule has 0 bridgehead atoms. The van der Waals surface area contributed by atoms with Gasteiger partial charge < -0.3 is 9.84 Å². The minimum absolute atomic E-state index is 0.130. The summed E-state index contributed by atoms with van der Waals surface area (Å²) in [6.45, 7) is 4.74. The van der Waals surface area contributed by atoms with Crippen LogP contribution in [0.1, 0.15) is 33.1 Å². The lowest BCUT2D eigenvalue weighted by Gasteiger charge is -2.37. The summed E-state index contributed by atoms with van der Waals surface area (Å²) < 4.78 is 33.7. The number of aliphatic carboxylic acids is 1. The molecule has 20 heavy (non-hydrogen) atoms. The van der Waals surface area contributed by atoms with Gasteiger partial charge in [-0.25, -0.2) is 0 Å². The van der Waals surface area contributed by atoms with Crippen molar-refractivity contribution in [2.45, 2.75) is 51.4 Å². The maximum Gasteiger partial charge on any atom is 0.304 e.